The normalized spacial score (nSPS) is 12.0. The Balaban J connectivity index is 2.14. The lowest BCUT2D eigenvalue weighted by molar-refractivity contribution is -0.153. The molecule has 0 unspecified atom stereocenters. The van der Waals surface area contributed by atoms with E-state index in [1.54, 1.807) is 12.4 Å². The van der Waals surface area contributed by atoms with Gasteiger partial charge in [0.2, 0.25) is 5.76 Å². The molecule has 0 saturated heterocycles. The average Bonchev–Trinajstić information content (AvgIpc) is 2.74. The van der Waals surface area contributed by atoms with Crippen LogP contribution in [0.25, 0.3) is 0 Å². The third-order valence-corrected chi connectivity index (χ3v) is 2.27. The summed E-state index contributed by atoms with van der Waals surface area (Å²) >= 11 is 3.19. The van der Waals surface area contributed by atoms with Crippen LogP contribution in [0.1, 0.15) is 11.5 Å². The highest BCUT2D eigenvalue weighted by atomic mass is 79.9. The van der Waals surface area contributed by atoms with Gasteiger partial charge in [0.05, 0.1) is 17.2 Å². The first-order valence-electron chi connectivity index (χ1n) is 4.29. The van der Waals surface area contributed by atoms with Crippen LogP contribution in [0, 0.1) is 0 Å². The van der Waals surface area contributed by atoms with Gasteiger partial charge in [-0.1, -0.05) is 0 Å². The molecule has 0 aliphatic carbocycles. The van der Waals surface area contributed by atoms with Crippen molar-refractivity contribution in [1.29, 1.82) is 0 Å². The zero-order chi connectivity index (χ0) is 11.8. The summed E-state index contributed by atoms with van der Waals surface area (Å²) in [5, 5.41) is 3.91. The van der Waals surface area contributed by atoms with E-state index in [1.807, 2.05) is 0 Å². The van der Waals surface area contributed by atoms with Gasteiger partial charge in [-0.2, -0.15) is 18.3 Å². The monoisotopic (exact) mass is 294 g/mol. The third kappa shape index (κ3) is 2.46. The SMILES string of the molecule is FC(F)(F)c1ccc(Cn2cc(Br)cn2)o1. The van der Waals surface area contributed by atoms with E-state index in [0.717, 1.165) is 10.5 Å². The number of hydrogen-bond donors (Lipinski definition) is 0. The Morgan fingerprint density at radius 2 is 2.12 bits per heavy atom. The molecule has 16 heavy (non-hydrogen) atoms. The van der Waals surface area contributed by atoms with E-state index in [4.69, 9.17) is 0 Å². The number of aromatic nitrogens is 2. The standard InChI is InChI=1S/C9H6BrF3N2O/c10-6-3-14-15(4-6)5-7-1-2-8(16-7)9(11,12)13/h1-4H,5H2. The van der Waals surface area contributed by atoms with Crippen molar-refractivity contribution in [3.63, 3.8) is 0 Å². The molecule has 2 aromatic rings. The maximum atomic E-state index is 12.2. The van der Waals surface area contributed by atoms with Crippen molar-refractivity contribution in [3.05, 3.63) is 40.5 Å². The van der Waals surface area contributed by atoms with Gasteiger partial charge in [-0.25, -0.2) is 0 Å². The largest absolute Gasteiger partial charge is 0.455 e. The number of halogens is 4. The summed E-state index contributed by atoms with van der Waals surface area (Å²) in [6, 6.07) is 2.20. The molecular weight excluding hydrogens is 289 g/mol. The van der Waals surface area contributed by atoms with Gasteiger partial charge >= 0.3 is 6.18 Å². The molecule has 0 spiro atoms. The number of nitrogens with zero attached hydrogens (tertiary/aromatic N) is 2. The van der Waals surface area contributed by atoms with E-state index in [1.165, 1.54) is 10.7 Å². The molecule has 0 saturated carbocycles. The number of hydrogen-bond acceptors (Lipinski definition) is 2. The minimum atomic E-state index is -4.44. The highest BCUT2D eigenvalue weighted by molar-refractivity contribution is 9.10. The Labute approximate surface area is 97.0 Å². The Hall–Kier alpha value is -1.24. The molecule has 0 aromatic carbocycles. The summed E-state index contributed by atoms with van der Waals surface area (Å²) in [5.74, 6) is -0.781. The summed E-state index contributed by atoms with van der Waals surface area (Å²) in [6.07, 6.45) is -1.24. The van der Waals surface area contributed by atoms with Crippen molar-refractivity contribution < 1.29 is 17.6 Å². The van der Waals surface area contributed by atoms with Gasteiger partial charge in [-0.15, -0.1) is 0 Å². The molecule has 7 heteroatoms. The van der Waals surface area contributed by atoms with Crippen LogP contribution in [0.15, 0.2) is 33.4 Å². The zero-order valence-electron chi connectivity index (χ0n) is 7.83. The van der Waals surface area contributed by atoms with Crippen molar-refractivity contribution >= 4 is 15.9 Å². The van der Waals surface area contributed by atoms with Crippen LogP contribution in [0.2, 0.25) is 0 Å². The van der Waals surface area contributed by atoms with Gasteiger partial charge in [-0.3, -0.25) is 4.68 Å². The molecule has 0 radical (unpaired) electrons. The Bertz CT molecular complexity index is 489. The lowest BCUT2D eigenvalue weighted by Gasteiger charge is -2.01. The van der Waals surface area contributed by atoms with Crippen molar-refractivity contribution in [2.24, 2.45) is 0 Å². The summed E-state index contributed by atoms with van der Waals surface area (Å²) < 4.78 is 43.6. The molecule has 0 N–H and O–H groups in total. The van der Waals surface area contributed by atoms with E-state index in [0.29, 0.717) is 0 Å². The van der Waals surface area contributed by atoms with Gasteiger partial charge < -0.3 is 4.42 Å². The highest BCUT2D eigenvalue weighted by Crippen LogP contribution is 2.30. The van der Waals surface area contributed by atoms with Crippen LogP contribution in [-0.2, 0) is 12.7 Å². The van der Waals surface area contributed by atoms with Crippen LogP contribution >= 0.6 is 15.9 Å². The fourth-order valence-electron chi connectivity index (χ4n) is 1.20. The summed E-state index contributed by atoms with van der Waals surface area (Å²) in [5.41, 5.74) is 0. The molecule has 2 aromatic heterocycles. The topological polar surface area (TPSA) is 31.0 Å². The first-order chi connectivity index (χ1) is 7.45. The molecule has 2 heterocycles. The first kappa shape index (κ1) is 11.3. The third-order valence-electron chi connectivity index (χ3n) is 1.86. The molecule has 0 aliphatic rings. The second-order valence-electron chi connectivity index (χ2n) is 3.12. The predicted octanol–water partition coefficient (Wildman–Crippen LogP) is 3.31. The van der Waals surface area contributed by atoms with E-state index in [2.05, 4.69) is 25.4 Å². The van der Waals surface area contributed by atoms with E-state index >= 15 is 0 Å². The molecule has 3 nitrogen and oxygen atoms in total. The highest BCUT2D eigenvalue weighted by Gasteiger charge is 2.34. The predicted molar refractivity (Wildman–Crippen MR) is 52.7 cm³/mol. The molecule has 0 fully saturated rings. The maximum Gasteiger partial charge on any atom is 0.449 e. The molecular formula is C9H6BrF3N2O. The lowest BCUT2D eigenvalue weighted by atomic mass is 10.4. The fraction of sp³-hybridized carbons (Fsp3) is 0.222. The smallest absolute Gasteiger partial charge is 0.449 e. The maximum absolute atomic E-state index is 12.2. The van der Waals surface area contributed by atoms with Crippen molar-refractivity contribution in [2.75, 3.05) is 0 Å². The summed E-state index contributed by atoms with van der Waals surface area (Å²) in [7, 11) is 0. The van der Waals surface area contributed by atoms with Gasteiger partial charge in [0, 0.05) is 6.20 Å². The second kappa shape index (κ2) is 3.97. The number of rotatable bonds is 2. The average molecular weight is 295 g/mol. The minimum absolute atomic E-state index is 0.168. The van der Waals surface area contributed by atoms with E-state index in [9.17, 15) is 13.2 Å². The quantitative estimate of drug-likeness (QED) is 0.851. The number of furan rings is 1. The van der Waals surface area contributed by atoms with Gasteiger partial charge in [0.1, 0.15) is 5.76 Å². The van der Waals surface area contributed by atoms with Gasteiger partial charge in [0.15, 0.2) is 0 Å². The van der Waals surface area contributed by atoms with Crippen molar-refractivity contribution in [1.82, 2.24) is 9.78 Å². The van der Waals surface area contributed by atoms with E-state index < -0.39 is 11.9 Å². The zero-order valence-corrected chi connectivity index (χ0v) is 9.42. The molecule has 0 atom stereocenters. The molecule has 2 rings (SSSR count). The first-order valence-corrected chi connectivity index (χ1v) is 5.08. The second-order valence-corrected chi connectivity index (χ2v) is 4.04. The summed E-state index contributed by atoms with van der Waals surface area (Å²) in [4.78, 5) is 0. The van der Waals surface area contributed by atoms with Crippen LogP contribution in [0.4, 0.5) is 13.2 Å². The van der Waals surface area contributed by atoms with Crippen LogP contribution < -0.4 is 0 Å². The summed E-state index contributed by atoms with van der Waals surface area (Å²) in [6.45, 7) is 0.168. The van der Waals surface area contributed by atoms with Crippen molar-refractivity contribution in [3.8, 4) is 0 Å². The molecule has 86 valence electrons. The lowest BCUT2D eigenvalue weighted by Crippen LogP contribution is -2.03. The van der Waals surface area contributed by atoms with Crippen molar-refractivity contribution in [2.45, 2.75) is 12.7 Å². The molecule has 0 aliphatic heterocycles. The number of alkyl halides is 3. The van der Waals surface area contributed by atoms with Gasteiger partial charge in [0.25, 0.3) is 0 Å². The fourth-order valence-corrected chi connectivity index (χ4v) is 1.53. The van der Waals surface area contributed by atoms with Crippen LogP contribution in [-0.4, -0.2) is 9.78 Å². The Morgan fingerprint density at radius 1 is 1.38 bits per heavy atom. The Morgan fingerprint density at radius 3 is 2.62 bits per heavy atom. The molecule has 0 amide bonds. The van der Waals surface area contributed by atoms with Crippen LogP contribution in [0.3, 0.4) is 0 Å². The van der Waals surface area contributed by atoms with E-state index in [-0.39, 0.29) is 12.3 Å². The molecule has 0 bridgehead atoms. The minimum Gasteiger partial charge on any atom is -0.455 e. The Kier molecular flexibility index (Phi) is 2.79. The van der Waals surface area contributed by atoms with Crippen LogP contribution in [0.5, 0.6) is 0 Å². The van der Waals surface area contributed by atoms with Gasteiger partial charge in [-0.05, 0) is 28.1 Å².